The van der Waals surface area contributed by atoms with Gasteiger partial charge in [-0.3, -0.25) is 4.55 Å². The number of rotatable bonds is 16. The molecule has 0 aromatic heterocycles. The highest BCUT2D eigenvalue weighted by Crippen LogP contribution is 2.19. The van der Waals surface area contributed by atoms with Crippen LogP contribution in [-0.2, 0) is 10.1 Å². The summed E-state index contributed by atoms with van der Waals surface area (Å²) in [6.45, 7) is 4.31. The lowest BCUT2D eigenvalue weighted by Gasteiger charge is -2.15. The first kappa shape index (κ1) is 22.9. The Hall–Kier alpha value is -0.130. The molecule has 0 radical (unpaired) electrons. The molecule has 140 valence electrons. The van der Waals surface area contributed by atoms with Crippen molar-refractivity contribution in [2.75, 3.05) is 0 Å². The second kappa shape index (κ2) is 14.2. The van der Waals surface area contributed by atoms with Crippen LogP contribution in [0.15, 0.2) is 0 Å². The molecule has 2 N–H and O–H groups in total. The van der Waals surface area contributed by atoms with E-state index in [0.717, 1.165) is 44.9 Å². The van der Waals surface area contributed by atoms with Crippen molar-refractivity contribution in [3.63, 3.8) is 0 Å². The van der Waals surface area contributed by atoms with E-state index in [-0.39, 0.29) is 6.10 Å². The Morgan fingerprint density at radius 1 is 0.696 bits per heavy atom. The molecule has 2 unspecified atom stereocenters. The van der Waals surface area contributed by atoms with Crippen LogP contribution in [0, 0.1) is 0 Å². The summed E-state index contributed by atoms with van der Waals surface area (Å²) in [7, 11) is -3.96. The third-order valence-electron chi connectivity index (χ3n) is 4.51. The van der Waals surface area contributed by atoms with E-state index in [0.29, 0.717) is 25.7 Å². The number of aliphatic hydroxyl groups excluding tert-OH is 1. The summed E-state index contributed by atoms with van der Waals surface area (Å²) in [6.07, 6.45) is 12.7. The number of unbranched alkanes of at least 4 members (excludes halogenated alkanes) is 7. The molecular weight excluding hydrogens is 312 g/mol. The Bertz CT molecular complexity index is 354. The van der Waals surface area contributed by atoms with E-state index < -0.39 is 15.4 Å². The lowest BCUT2D eigenvalue weighted by molar-refractivity contribution is 0.147. The largest absolute Gasteiger partial charge is 0.393 e. The van der Waals surface area contributed by atoms with E-state index in [9.17, 15) is 18.1 Å². The summed E-state index contributed by atoms with van der Waals surface area (Å²) in [6, 6.07) is 0. The molecule has 0 aromatic rings. The molecule has 4 nitrogen and oxygen atoms in total. The van der Waals surface area contributed by atoms with Crippen LogP contribution in [-0.4, -0.2) is 29.4 Å². The van der Waals surface area contributed by atoms with Crippen LogP contribution in [0.4, 0.5) is 0 Å². The summed E-state index contributed by atoms with van der Waals surface area (Å²) in [4.78, 5) is 0. The average molecular weight is 351 g/mol. The Morgan fingerprint density at radius 3 is 1.70 bits per heavy atom. The van der Waals surface area contributed by atoms with Gasteiger partial charge in [0.25, 0.3) is 10.1 Å². The van der Waals surface area contributed by atoms with Crippen LogP contribution in [0.25, 0.3) is 0 Å². The fraction of sp³-hybridized carbons (Fsp3) is 1.00. The van der Waals surface area contributed by atoms with Gasteiger partial charge in [0.1, 0.15) is 0 Å². The van der Waals surface area contributed by atoms with Crippen LogP contribution in [0.5, 0.6) is 0 Å². The van der Waals surface area contributed by atoms with E-state index in [1.807, 2.05) is 0 Å². The standard InChI is InChI=1S/C18H38O4S/c1-3-5-7-9-11-15-18(23(20,21)22)16-12-14-17(19)13-10-8-6-4-2/h17-19H,3-16H2,1-2H3,(H,20,21,22). The number of hydrogen-bond donors (Lipinski definition) is 2. The lowest BCUT2D eigenvalue weighted by atomic mass is 10.0. The summed E-state index contributed by atoms with van der Waals surface area (Å²) in [5.74, 6) is 0. The van der Waals surface area contributed by atoms with E-state index in [4.69, 9.17) is 0 Å². The third-order valence-corrected chi connectivity index (χ3v) is 5.82. The van der Waals surface area contributed by atoms with Crippen molar-refractivity contribution in [2.45, 2.75) is 115 Å². The maximum atomic E-state index is 11.5. The molecule has 0 heterocycles. The molecule has 0 saturated carbocycles. The lowest BCUT2D eigenvalue weighted by Crippen LogP contribution is -2.21. The Labute approximate surface area is 143 Å². The molecule has 0 aliphatic carbocycles. The molecule has 0 bridgehead atoms. The molecule has 0 saturated heterocycles. The van der Waals surface area contributed by atoms with E-state index in [1.54, 1.807) is 0 Å². The van der Waals surface area contributed by atoms with Crippen LogP contribution in [0.3, 0.4) is 0 Å². The summed E-state index contributed by atoms with van der Waals surface area (Å²) >= 11 is 0. The van der Waals surface area contributed by atoms with Crippen LogP contribution in [0.2, 0.25) is 0 Å². The van der Waals surface area contributed by atoms with Gasteiger partial charge in [-0.2, -0.15) is 8.42 Å². The van der Waals surface area contributed by atoms with Gasteiger partial charge in [-0.25, -0.2) is 0 Å². The van der Waals surface area contributed by atoms with Crippen molar-refractivity contribution >= 4 is 10.1 Å². The minimum absolute atomic E-state index is 0.335. The monoisotopic (exact) mass is 350 g/mol. The van der Waals surface area contributed by atoms with Gasteiger partial charge < -0.3 is 5.11 Å². The maximum Gasteiger partial charge on any atom is 0.267 e. The van der Waals surface area contributed by atoms with E-state index in [1.165, 1.54) is 19.3 Å². The molecule has 0 amide bonds. The van der Waals surface area contributed by atoms with Crippen molar-refractivity contribution < 1.29 is 18.1 Å². The molecule has 23 heavy (non-hydrogen) atoms. The SMILES string of the molecule is CCCCCCCC(CCCC(O)CCCCCC)S(=O)(=O)O. The molecule has 0 aliphatic heterocycles. The summed E-state index contributed by atoms with van der Waals surface area (Å²) in [5.41, 5.74) is 0. The number of hydrogen-bond acceptors (Lipinski definition) is 3. The summed E-state index contributed by atoms with van der Waals surface area (Å²) < 4.78 is 32.3. The quantitative estimate of drug-likeness (QED) is 0.300. The first-order valence-corrected chi connectivity index (χ1v) is 11.1. The molecule has 0 aliphatic rings. The Kier molecular flexibility index (Phi) is 14.2. The predicted molar refractivity (Wildman–Crippen MR) is 97.3 cm³/mol. The second-order valence-corrected chi connectivity index (χ2v) is 8.47. The van der Waals surface area contributed by atoms with Gasteiger partial charge in [0.2, 0.25) is 0 Å². The molecular formula is C18H38O4S. The fourth-order valence-corrected chi connectivity index (χ4v) is 3.88. The number of aliphatic hydroxyl groups is 1. The highest BCUT2D eigenvalue weighted by molar-refractivity contribution is 7.86. The molecule has 2 atom stereocenters. The van der Waals surface area contributed by atoms with Gasteiger partial charge in [0.05, 0.1) is 11.4 Å². The minimum atomic E-state index is -3.96. The molecule has 0 fully saturated rings. The van der Waals surface area contributed by atoms with Crippen molar-refractivity contribution in [1.82, 2.24) is 0 Å². The van der Waals surface area contributed by atoms with E-state index >= 15 is 0 Å². The van der Waals surface area contributed by atoms with Gasteiger partial charge in [-0.15, -0.1) is 0 Å². The van der Waals surface area contributed by atoms with Crippen LogP contribution >= 0.6 is 0 Å². The Morgan fingerprint density at radius 2 is 1.13 bits per heavy atom. The van der Waals surface area contributed by atoms with Crippen molar-refractivity contribution in [2.24, 2.45) is 0 Å². The fourth-order valence-electron chi connectivity index (χ4n) is 2.95. The molecule has 0 aromatic carbocycles. The predicted octanol–water partition coefficient (Wildman–Crippen LogP) is 5.10. The van der Waals surface area contributed by atoms with Gasteiger partial charge in [0, 0.05) is 0 Å². The van der Waals surface area contributed by atoms with Crippen molar-refractivity contribution in [1.29, 1.82) is 0 Å². The van der Waals surface area contributed by atoms with Crippen molar-refractivity contribution in [3.8, 4) is 0 Å². The topological polar surface area (TPSA) is 74.6 Å². The zero-order chi connectivity index (χ0) is 17.6. The summed E-state index contributed by atoms with van der Waals surface area (Å²) in [5, 5.41) is 9.27. The minimum Gasteiger partial charge on any atom is -0.393 e. The smallest absolute Gasteiger partial charge is 0.267 e. The van der Waals surface area contributed by atoms with Gasteiger partial charge in [-0.05, 0) is 32.1 Å². The van der Waals surface area contributed by atoms with Crippen molar-refractivity contribution in [3.05, 3.63) is 0 Å². The van der Waals surface area contributed by atoms with Crippen LogP contribution in [0.1, 0.15) is 104 Å². The second-order valence-electron chi connectivity index (χ2n) is 6.77. The van der Waals surface area contributed by atoms with Gasteiger partial charge in [0.15, 0.2) is 0 Å². The zero-order valence-corrected chi connectivity index (χ0v) is 16.0. The highest BCUT2D eigenvalue weighted by Gasteiger charge is 2.22. The highest BCUT2D eigenvalue weighted by atomic mass is 32.2. The maximum absolute atomic E-state index is 11.5. The van der Waals surface area contributed by atoms with Gasteiger partial charge in [-0.1, -0.05) is 71.6 Å². The first-order valence-electron chi connectivity index (χ1n) is 9.56. The first-order chi connectivity index (χ1) is 10.9. The molecule has 5 heteroatoms. The third kappa shape index (κ3) is 14.0. The Balaban J connectivity index is 3.92. The molecule has 0 rings (SSSR count). The average Bonchev–Trinajstić information content (AvgIpc) is 2.48. The normalized spacial score (nSPS) is 14.8. The van der Waals surface area contributed by atoms with Gasteiger partial charge >= 0.3 is 0 Å². The van der Waals surface area contributed by atoms with E-state index in [2.05, 4.69) is 13.8 Å². The molecule has 0 spiro atoms. The zero-order valence-electron chi connectivity index (χ0n) is 15.2. The van der Waals surface area contributed by atoms with Crippen LogP contribution < -0.4 is 0 Å².